The molecule has 0 bridgehead atoms. The molecule has 2 rings (SSSR count). The van der Waals surface area contributed by atoms with Crippen LogP contribution in [0, 0.1) is 0 Å². The molecule has 0 aromatic carbocycles. The lowest BCUT2D eigenvalue weighted by molar-refractivity contribution is -0.132. The lowest BCUT2D eigenvalue weighted by atomic mass is 10.1. The molecule has 0 radical (unpaired) electrons. The normalized spacial score (nSPS) is 23.5. The zero-order chi connectivity index (χ0) is 11.5. The smallest absolute Gasteiger partial charge is 0.236 e. The minimum Gasteiger partial charge on any atom is -0.341 e. The number of thiazole rings is 1. The van der Waals surface area contributed by atoms with Crippen molar-refractivity contribution in [3.05, 3.63) is 16.6 Å². The van der Waals surface area contributed by atoms with Gasteiger partial charge in [-0.3, -0.25) is 4.79 Å². The predicted octanol–water partition coefficient (Wildman–Crippen LogP) is 2.63. The fourth-order valence-electron chi connectivity index (χ4n) is 1.96. The summed E-state index contributed by atoms with van der Waals surface area (Å²) in [6, 6.07) is 0. The summed E-state index contributed by atoms with van der Waals surface area (Å²) in [4.78, 5) is 18.2. The Labute approximate surface area is 108 Å². The summed E-state index contributed by atoms with van der Waals surface area (Å²) in [7, 11) is 0. The maximum absolute atomic E-state index is 11.9. The van der Waals surface area contributed by atoms with E-state index in [-0.39, 0.29) is 10.7 Å². The molecule has 0 spiro atoms. The van der Waals surface area contributed by atoms with E-state index in [2.05, 4.69) is 27.8 Å². The van der Waals surface area contributed by atoms with Gasteiger partial charge < -0.3 is 4.90 Å². The molecule has 0 saturated carbocycles. The summed E-state index contributed by atoms with van der Waals surface area (Å²) in [5.74, 6) is 0.566. The Balaban J connectivity index is 1.96. The van der Waals surface area contributed by atoms with Crippen LogP contribution in [0.3, 0.4) is 0 Å². The standard InChI is InChI=1S/C11H15BrN2OS/c1-8(10-13-4-6-16-10)7-14-5-2-3-9(12)11(14)15/h4,6,8-9H,2-3,5,7H2,1H3. The molecule has 5 heteroatoms. The Bertz CT molecular complexity index is 355. The predicted molar refractivity (Wildman–Crippen MR) is 69.1 cm³/mol. The van der Waals surface area contributed by atoms with Gasteiger partial charge in [0.1, 0.15) is 0 Å². The second-order valence-electron chi connectivity index (χ2n) is 4.17. The Morgan fingerprint density at radius 2 is 2.56 bits per heavy atom. The topological polar surface area (TPSA) is 33.2 Å². The summed E-state index contributed by atoms with van der Waals surface area (Å²) >= 11 is 5.09. The molecule has 0 aliphatic carbocycles. The largest absolute Gasteiger partial charge is 0.341 e. The second kappa shape index (κ2) is 5.27. The summed E-state index contributed by atoms with van der Waals surface area (Å²) < 4.78 is 0. The Morgan fingerprint density at radius 3 is 3.25 bits per heavy atom. The van der Waals surface area contributed by atoms with Crippen LogP contribution in [-0.2, 0) is 4.79 Å². The first-order valence-electron chi connectivity index (χ1n) is 5.50. The minimum absolute atomic E-state index is 0.0183. The Hall–Kier alpha value is -0.420. The van der Waals surface area contributed by atoms with Crippen LogP contribution in [0.4, 0.5) is 0 Å². The van der Waals surface area contributed by atoms with Gasteiger partial charge in [-0.1, -0.05) is 22.9 Å². The number of carbonyl (C=O) groups is 1. The molecular weight excluding hydrogens is 288 g/mol. The van der Waals surface area contributed by atoms with E-state index in [9.17, 15) is 4.79 Å². The van der Waals surface area contributed by atoms with Crippen molar-refractivity contribution in [2.24, 2.45) is 0 Å². The minimum atomic E-state index is 0.0183. The Kier molecular flexibility index (Phi) is 3.97. The third kappa shape index (κ3) is 2.63. The molecule has 1 aliphatic rings. The van der Waals surface area contributed by atoms with Gasteiger partial charge >= 0.3 is 0 Å². The Morgan fingerprint density at radius 1 is 1.75 bits per heavy atom. The average Bonchev–Trinajstić information content (AvgIpc) is 2.78. The first-order valence-corrected chi connectivity index (χ1v) is 7.30. The summed E-state index contributed by atoms with van der Waals surface area (Å²) in [6.07, 6.45) is 3.87. The highest BCUT2D eigenvalue weighted by Crippen LogP contribution is 2.23. The van der Waals surface area contributed by atoms with Gasteiger partial charge in [-0.2, -0.15) is 0 Å². The lowest BCUT2D eigenvalue weighted by Crippen LogP contribution is -2.43. The van der Waals surface area contributed by atoms with Crippen LogP contribution in [0.25, 0.3) is 0 Å². The van der Waals surface area contributed by atoms with Gasteiger partial charge in [0, 0.05) is 30.6 Å². The van der Waals surface area contributed by atoms with E-state index >= 15 is 0 Å². The first kappa shape index (κ1) is 12.0. The molecule has 2 unspecified atom stereocenters. The number of nitrogens with zero attached hydrogens (tertiary/aromatic N) is 2. The summed E-state index contributed by atoms with van der Waals surface area (Å²) in [5, 5.41) is 3.10. The molecule has 1 fully saturated rings. The third-order valence-corrected chi connectivity index (χ3v) is 4.69. The highest BCUT2D eigenvalue weighted by Gasteiger charge is 2.27. The van der Waals surface area contributed by atoms with Crippen LogP contribution in [-0.4, -0.2) is 33.7 Å². The van der Waals surface area contributed by atoms with E-state index < -0.39 is 0 Å². The van der Waals surface area contributed by atoms with E-state index in [0.29, 0.717) is 5.92 Å². The molecule has 1 aromatic heterocycles. The fraction of sp³-hybridized carbons (Fsp3) is 0.636. The number of aromatic nitrogens is 1. The monoisotopic (exact) mass is 302 g/mol. The molecule has 1 saturated heterocycles. The number of alkyl halides is 1. The van der Waals surface area contributed by atoms with Crippen molar-refractivity contribution >= 4 is 33.2 Å². The van der Waals surface area contributed by atoms with Crippen LogP contribution in [0.1, 0.15) is 30.7 Å². The van der Waals surface area contributed by atoms with E-state index in [4.69, 9.17) is 0 Å². The van der Waals surface area contributed by atoms with E-state index in [1.165, 1.54) is 0 Å². The molecule has 2 atom stereocenters. The maximum Gasteiger partial charge on any atom is 0.236 e. The van der Waals surface area contributed by atoms with Crippen molar-refractivity contribution < 1.29 is 4.79 Å². The van der Waals surface area contributed by atoms with Gasteiger partial charge in [-0.25, -0.2) is 4.98 Å². The number of piperidine rings is 1. The van der Waals surface area contributed by atoms with Gasteiger partial charge in [-0.05, 0) is 12.8 Å². The van der Waals surface area contributed by atoms with Crippen LogP contribution in [0.15, 0.2) is 11.6 Å². The van der Waals surface area contributed by atoms with Crippen molar-refractivity contribution in [2.75, 3.05) is 13.1 Å². The summed E-state index contributed by atoms with van der Waals surface area (Å²) in [5.41, 5.74) is 0. The molecular formula is C11H15BrN2OS. The molecule has 0 N–H and O–H groups in total. The number of hydrogen-bond donors (Lipinski definition) is 0. The van der Waals surface area contributed by atoms with Crippen LogP contribution in [0.5, 0.6) is 0 Å². The number of amides is 1. The number of carbonyl (C=O) groups excluding carboxylic acids is 1. The van der Waals surface area contributed by atoms with Crippen LogP contribution in [0.2, 0.25) is 0 Å². The molecule has 1 amide bonds. The van der Waals surface area contributed by atoms with E-state index in [0.717, 1.165) is 30.9 Å². The SMILES string of the molecule is CC(CN1CCCC(Br)C1=O)c1nccs1. The highest BCUT2D eigenvalue weighted by molar-refractivity contribution is 9.10. The van der Waals surface area contributed by atoms with Gasteiger partial charge in [0.05, 0.1) is 9.83 Å². The van der Waals surface area contributed by atoms with Crippen LogP contribution < -0.4 is 0 Å². The quantitative estimate of drug-likeness (QED) is 0.804. The molecule has 16 heavy (non-hydrogen) atoms. The first-order chi connectivity index (χ1) is 7.68. The maximum atomic E-state index is 11.9. The molecule has 2 heterocycles. The molecule has 88 valence electrons. The van der Waals surface area contributed by atoms with Crippen molar-refractivity contribution in [1.82, 2.24) is 9.88 Å². The lowest BCUT2D eigenvalue weighted by Gasteiger charge is -2.31. The number of rotatable bonds is 3. The number of hydrogen-bond acceptors (Lipinski definition) is 3. The second-order valence-corrected chi connectivity index (χ2v) is 6.20. The van der Waals surface area contributed by atoms with Gasteiger partial charge in [-0.15, -0.1) is 11.3 Å². The molecule has 1 aromatic rings. The third-order valence-electron chi connectivity index (χ3n) is 2.83. The molecule has 3 nitrogen and oxygen atoms in total. The zero-order valence-corrected chi connectivity index (χ0v) is 11.6. The zero-order valence-electron chi connectivity index (χ0n) is 9.23. The van der Waals surface area contributed by atoms with Crippen molar-refractivity contribution in [1.29, 1.82) is 0 Å². The van der Waals surface area contributed by atoms with Gasteiger partial charge in [0.25, 0.3) is 0 Å². The van der Waals surface area contributed by atoms with Gasteiger partial charge in [0.15, 0.2) is 0 Å². The highest BCUT2D eigenvalue weighted by atomic mass is 79.9. The van der Waals surface area contributed by atoms with E-state index in [1.54, 1.807) is 11.3 Å². The number of halogens is 1. The van der Waals surface area contributed by atoms with Crippen LogP contribution >= 0.6 is 27.3 Å². The van der Waals surface area contributed by atoms with Crippen molar-refractivity contribution in [3.63, 3.8) is 0 Å². The fourth-order valence-corrected chi connectivity index (χ4v) is 3.26. The van der Waals surface area contributed by atoms with Crippen molar-refractivity contribution in [2.45, 2.75) is 30.5 Å². The average molecular weight is 303 g/mol. The summed E-state index contributed by atoms with van der Waals surface area (Å²) in [6.45, 7) is 3.80. The molecule has 1 aliphatic heterocycles. The van der Waals surface area contributed by atoms with Crippen molar-refractivity contribution in [3.8, 4) is 0 Å². The van der Waals surface area contributed by atoms with E-state index in [1.807, 2.05) is 16.5 Å². The van der Waals surface area contributed by atoms with Gasteiger partial charge in [0.2, 0.25) is 5.91 Å². The number of likely N-dealkylation sites (tertiary alicyclic amines) is 1.